The van der Waals surface area contributed by atoms with E-state index in [0.717, 1.165) is 22.3 Å². The van der Waals surface area contributed by atoms with E-state index in [2.05, 4.69) is 44.8 Å². The molecular weight excluding hydrogens is 369 g/mol. The number of anilines is 1. The van der Waals surface area contributed by atoms with Crippen LogP contribution in [0.25, 0.3) is 0 Å². The summed E-state index contributed by atoms with van der Waals surface area (Å²) in [5, 5.41) is 3.20. The first-order chi connectivity index (χ1) is 9.76. The van der Waals surface area contributed by atoms with Gasteiger partial charge in [0.15, 0.2) is 5.82 Å². The fraction of sp³-hybridized carbons (Fsp3) is 0.286. The molecule has 0 saturated carbocycles. The van der Waals surface area contributed by atoms with Gasteiger partial charge in [-0.3, -0.25) is 0 Å². The van der Waals surface area contributed by atoms with Crippen LogP contribution in [0.2, 0.25) is 0 Å². The van der Waals surface area contributed by atoms with Gasteiger partial charge in [0.05, 0.1) is 10.7 Å². The second kappa shape index (κ2) is 7.28. The van der Waals surface area contributed by atoms with Crippen LogP contribution < -0.4 is 14.8 Å². The number of hydrogen-bond acceptors (Lipinski definition) is 5. The monoisotopic (exact) mass is 385 g/mol. The summed E-state index contributed by atoms with van der Waals surface area (Å²) >= 11 is 2.22. The number of para-hydroxylation sites is 1. The molecule has 1 aromatic carbocycles. The van der Waals surface area contributed by atoms with Crippen molar-refractivity contribution in [1.29, 1.82) is 0 Å². The Labute approximate surface area is 131 Å². The van der Waals surface area contributed by atoms with E-state index >= 15 is 0 Å². The van der Waals surface area contributed by atoms with Crippen molar-refractivity contribution in [2.24, 2.45) is 0 Å². The first-order valence-electron chi connectivity index (χ1n) is 6.31. The topological polar surface area (TPSA) is 56.3 Å². The molecule has 0 saturated heterocycles. The van der Waals surface area contributed by atoms with Crippen molar-refractivity contribution in [1.82, 2.24) is 9.97 Å². The van der Waals surface area contributed by atoms with Crippen LogP contribution in [0.5, 0.6) is 17.4 Å². The van der Waals surface area contributed by atoms with Gasteiger partial charge in [0, 0.05) is 6.54 Å². The molecule has 2 rings (SSSR count). The summed E-state index contributed by atoms with van der Waals surface area (Å²) in [5.74, 6) is 2.31. The Balaban J connectivity index is 2.29. The second-order valence-corrected chi connectivity index (χ2v) is 5.18. The highest BCUT2D eigenvalue weighted by atomic mass is 127. The SMILES string of the molecule is CCCNc1ncnc(Oc2ccccc2I)c1OC. The molecule has 0 atom stereocenters. The Bertz CT molecular complexity index is 578. The Hall–Kier alpha value is -1.57. The summed E-state index contributed by atoms with van der Waals surface area (Å²) in [6.45, 7) is 2.90. The van der Waals surface area contributed by atoms with Gasteiger partial charge in [0.25, 0.3) is 5.88 Å². The molecule has 0 aliphatic heterocycles. The summed E-state index contributed by atoms with van der Waals surface area (Å²) in [6.07, 6.45) is 2.46. The van der Waals surface area contributed by atoms with Crippen molar-refractivity contribution >= 4 is 28.4 Å². The maximum atomic E-state index is 5.83. The van der Waals surface area contributed by atoms with E-state index in [0.29, 0.717) is 17.4 Å². The first kappa shape index (κ1) is 14.8. The van der Waals surface area contributed by atoms with Crippen LogP contribution in [0.1, 0.15) is 13.3 Å². The average Bonchev–Trinajstić information content (AvgIpc) is 2.47. The van der Waals surface area contributed by atoms with Crippen LogP contribution in [-0.2, 0) is 0 Å². The maximum absolute atomic E-state index is 5.83. The molecular formula is C14H16IN3O2. The van der Waals surface area contributed by atoms with Gasteiger partial charge in [0.2, 0.25) is 5.75 Å². The Morgan fingerprint density at radius 2 is 2.05 bits per heavy atom. The van der Waals surface area contributed by atoms with Crippen molar-refractivity contribution in [2.75, 3.05) is 19.0 Å². The average molecular weight is 385 g/mol. The molecule has 0 aliphatic rings. The third-order valence-corrected chi connectivity index (χ3v) is 3.45. The number of aromatic nitrogens is 2. The predicted octanol–water partition coefficient (Wildman–Crippen LogP) is 3.70. The number of nitrogens with zero attached hydrogens (tertiary/aromatic N) is 2. The van der Waals surface area contributed by atoms with Crippen LogP contribution in [0.4, 0.5) is 5.82 Å². The van der Waals surface area contributed by atoms with Crippen molar-refractivity contribution in [3.8, 4) is 17.4 Å². The highest BCUT2D eigenvalue weighted by molar-refractivity contribution is 14.1. The summed E-state index contributed by atoms with van der Waals surface area (Å²) in [4.78, 5) is 8.34. The van der Waals surface area contributed by atoms with Gasteiger partial charge in [-0.25, -0.2) is 4.98 Å². The predicted molar refractivity (Wildman–Crippen MR) is 86.6 cm³/mol. The van der Waals surface area contributed by atoms with Crippen LogP contribution in [0, 0.1) is 3.57 Å². The van der Waals surface area contributed by atoms with Crippen molar-refractivity contribution < 1.29 is 9.47 Å². The number of hydrogen-bond donors (Lipinski definition) is 1. The third-order valence-electron chi connectivity index (χ3n) is 2.56. The summed E-state index contributed by atoms with van der Waals surface area (Å²) < 4.78 is 12.2. The lowest BCUT2D eigenvalue weighted by molar-refractivity contribution is 0.368. The van der Waals surface area contributed by atoms with E-state index in [1.807, 2.05) is 24.3 Å². The van der Waals surface area contributed by atoms with E-state index in [9.17, 15) is 0 Å². The van der Waals surface area contributed by atoms with E-state index in [4.69, 9.17) is 9.47 Å². The number of nitrogens with one attached hydrogen (secondary N) is 1. The number of methoxy groups -OCH3 is 1. The fourth-order valence-corrected chi connectivity index (χ4v) is 2.11. The van der Waals surface area contributed by atoms with Gasteiger partial charge in [-0.2, -0.15) is 4.98 Å². The normalized spacial score (nSPS) is 10.2. The molecule has 1 N–H and O–H groups in total. The molecule has 1 aromatic heterocycles. The van der Waals surface area contributed by atoms with Crippen molar-refractivity contribution in [3.63, 3.8) is 0 Å². The molecule has 2 aromatic rings. The minimum atomic E-state index is 0.408. The number of benzene rings is 1. The molecule has 0 bridgehead atoms. The zero-order valence-corrected chi connectivity index (χ0v) is 13.5. The third kappa shape index (κ3) is 3.50. The van der Waals surface area contributed by atoms with Crippen LogP contribution in [0.15, 0.2) is 30.6 Å². The minimum Gasteiger partial charge on any atom is -0.489 e. The standard InChI is InChI=1S/C14H16IN3O2/c1-3-8-16-13-12(19-2)14(18-9-17-13)20-11-7-5-4-6-10(11)15/h4-7,9H,3,8H2,1-2H3,(H,16,17,18). The lowest BCUT2D eigenvalue weighted by atomic mass is 10.3. The molecule has 0 amide bonds. The number of ether oxygens (including phenoxy) is 2. The van der Waals surface area contributed by atoms with Gasteiger partial charge < -0.3 is 14.8 Å². The largest absolute Gasteiger partial charge is 0.489 e. The van der Waals surface area contributed by atoms with Gasteiger partial charge in [0.1, 0.15) is 12.1 Å². The second-order valence-electron chi connectivity index (χ2n) is 4.02. The summed E-state index contributed by atoms with van der Waals surface area (Å²) in [6, 6.07) is 7.74. The molecule has 0 fully saturated rings. The van der Waals surface area contributed by atoms with Crippen molar-refractivity contribution in [2.45, 2.75) is 13.3 Å². The Morgan fingerprint density at radius 3 is 2.75 bits per heavy atom. The lowest BCUT2D eigenvalue weighted by Gasteiger charge is -2.13. The van der Waals surface area contributed by atoms with Gasteiger partial charge in [-0.1, -0.05) is 19.1 Å². The van der Waals surface area contributed by atoms with Gasteiger partial charge in [-0.15, -0.1) is 0 Å². The lowest BCUT2D eigenvalue weighted by Crippen LogP contribution is -2.06. The zero-order valence-electron chi connectivity index (χ0n) is 11.4. The van der Waals surface area contributed by atoms with E-state index in [-0.39, 0.29) is 0 Å². The smallest absolute Gasteiger partial charge is 0.268 e. The highest BCUT2D eigenvalue weighted by Gasteiger charge is 2.14. The van der Waals surface area contributed by atoms with E-state index in [1.54, 1.807) is 7.11 Å². The van der Waals surface area contributed by atoms with Crippen LogP contribution in [-0.4, -0.2) is 23.6 Å². The van der Waals surface area contributed by atoms with E-state index < -0.39 is 0 Å². The van der Waals surface area contributed by atoms with E-state index in [1.165, 1.54) is 6.33 Å². The summed E-state index contributed by atoms with van der Waals surface area (Å²) in [7, 11) is 1.58. The fourth-order valence-electron chi connectivity index (χ4n) is 1.62. The molecule has 0 spiro atoms. The number of halogens is 1. The van der Waals surface area contributed by atoms with Gasteiger partial charge >= 0.3 is 0 Å². The first-order valence-corrected chi connectivity index (χ1v) is 7.39. The van der Waals surface area contributed by atoms with Crippen LogP contribution >= 0.6 is 22.6 Å². The maximum Gasteiger partial charge on any atom is 0.268 e. The Kier molecular flexibility index (Phi) is 5.40. The molecule has 20 heavy (non-hydrogen) atoms. The molecule has 106 valence electrons. The molecule has 1 heterocycles. The molecule has 0 aliphatic carbocycles. The quantitative estimate of drug-likeness (QED) is 0.769. The minimum absolute atomic E-state index is 0.408. The number of rotatable bonds is 6. The van der Waals surface area contributed by atoms with Gasteiger partial charge in [-0.05, 0) is 41.1 Å². The Morgan fingerprint density at radius 1 is 1.25 bits per heavy atom. The zero-order chi connectivity index (χ0) is 14.4. The van der Waals surface area contributed by atoms with Crippen molar-refractivity contribution in [3.05, 3.63) is 34.2 Å². The van der Waals surface area contributed by atoms with Crippen LogP contribution in [0.3, 0.4) is 0 Å². The molecule has 6 heteroatoms. The molecule has 5 nitrogen and oxygen atoms in total. The molecule has 0 radical (unpaired) electrons. The summed E-state index contributed by atoms with van der Waals surface area (Å²) in [5.41, 5.74) is 0. The molecule has 0 unspecified atom stereocenters. The highest BCUT2D eigenvalue weighted by Crippen LogP contribution is 2.35.